The average Bonchev–Trinajstić information content (AvgIpc) is 3.16. The first kappa shape index (κ1) is 17.1. The maximum absolute atomic E-state index is 13.1. The van der Waals surface area contributed by atoms with Gasteiger partial charge in [0.05, 0.1) is 7.11 Å². The molecule has 3 nitrogen and oxygen atoms in total. The van der Waals surface area contributed by atoms with Gasteiger partial charge in [-0.2, -0.15) is 0 Å². The highest BCUT2D eigenvalue weighted by Crippen LogP contribution is 2.31. The molecule has 1 N–H and O–H groups in total. The zero-order chi connectivity index (χ0) is 18.8. The number of aryl methyl sites for hydroxylation is 1. The maximum atomic E-state index is 13.1. The van der Waals surface area contributed by atoms with Crippen LogP contribution in [0.4, 0.5) is 0 Å². The van der Waals surface area contributed by atoms with Gasteiger partial charge in [0.15, 0.2) is 5.78 Å². The molecule has 1 aromatic heterocycles. The van der Waals surface area contributed by atoms with E-state index in [-0.39, 0.29) is 5.78 Å². The Hall–Kier alpha value is -3.33. The molecular formula is C24H21NO2. The number of carbonyl (C=O) groups excluding carboxylic acids is 1. The number of H-pyrrole nitrogens is 1. The molecule has 0 saturated carbocycles. The number of ketones is 1. The van der Waals surface area contributed by atoms with Crippen molar-refractivity contribution in [1.82, 2.24) is 4.98 Å². The molecule has 3 heteroatoms. The second kappa shape index (κ2) is 7.12. The van der Waals surface area contributed by atoms with Crippen molar-refractivity contribution in [2.75, 3.05) is 7.11 Å². The highest BCUT2D eigenvalue weighted by Gasteiger charge is 2.16. The van der Waals surface area contributed by atoms with E-state index in [2.05, 4.69) is 36.2 Å². The van der Waals surface area contributed by atoms with Crippen molar-refractivity contribution in [3.8, 4) is 16.9 Å². The Labute approximate surface area is 158 Å². The fraction of sp³-hybridized carbons (Fsp3) is 0.125. The average molecular weight is 355 g/mol. The summed E-state index contributed by atoms with van der Waals surface area (Å²) in [4.78, 5) is 16.3. The lowest BCUT2D eigenvalue weighted by molar-refractivity contribution is 0.0993. The minimum absolute atomic E-state index is 0.116. The van der Waals surface area contributed by atoms with Crippen LogP contribution in [-0.4, -0.2) is 17.9 Å². The standard InChI is InChI=1S/C24H21NO2/c1-16-4-3-5-21(23(26)14-17-6-10-20(27-2)11-7-17)24(16)19-9-8-18-12-13-25-22(18)15-19/h3-13,15,25H,14H2,1-2H3. The van der Waals surface area contributed by atoms with E-state index in [4.69, 9.17) is 4.74 Å². The third kappa shape index (κ3) is 3.36. The van der Waals surface area contributed by atoms with Crippen molar-refractivity contribution in [1.29, 1.82) is 0 Å². The Morgan fingerprint density at radius 2 is 1.81 bits per heavy atom. The SMILES string of the molecule is COc1ccc(CC(=O)c2cccc(C)c2-c2ccc3cc[nH]c3c2)cc1. The van der Waals surface area contributed by atoms with Crippen LogP contribution >= 0.6 is 0 Å². The van der Waals surface area contributed by atoms with E-state index in [1.165, 1.54) is 5.39 Å². The van der Waals surface area contributed by atoms with Crippen molar-refractivity contribution in [3.63, 3.8) is 0 Å². The summed E-state index contributed by atoms with van der Waals surface area (Å²) in [6, 6.07) is 21.9. The fourth-order valence-electron chi connectivity index (χ4n) is 3.51. The number of fused-ring (bicyclic) bond motifs is 1. The lowest BCUT2D eigenvalue weighted by Gasteiger charge is -2.13. The molecule has 134 valence electrons. The zero-order valence-corrected chi connectivity index (χ0v) is 15.5. The molecular weight excluding hydrogens is 334 g/mol. The number of hydrogen-bond acceptors (Lipinski definition) is 2. The zero-order valence-electron chi connectivity index (χ0n) is 15.5. The molecule has 1 heterocycles. The highest BCUT2D eigenvalue weighted by atomic mass is 16.5. The minimum Gasteiger partial charge on any atom is -0.497 e. The Morgan fingerprint density at radius 3 is 2.59 bits per heavy atom. The summed E-state index contributed by atoms with van der Waals surface area (Å²) in [5, 5.41) is 1.17. The number of methoxy groups -OCH3 is 1. The van der Waals surface area contributed by atoms with E-state index in [9.17, 15) is 4.79 Å². The summed E-state index contributed by atoms with van der Waals surface area (Å²) in [5.41, 5.74) is 5.98. The number of rotatable bonds is 5. The van der Waals surface area contributed by atoms with Gasteiger partial charge in [-0.25, -0.2) is 0 Å². The third-order valence-electron chi connectivity index (χ3n) is 4.94. The summed E-state index contributed by atoms with van der Waals surface area (Å²) < 4.78 is 5.19. The Bertz CT molecular complexity index is 1110. The number of ether oxygens (including phenoxy) is 1. The molecule has 0 amide bonds. The molecule has 0 atom stereocenters. The molecule has 0 aliphatic heterocycles. The van der Waals surface area contributed by atoms with Crippen LogP contribution in [0.5, 0.6) is 5.75 Å². The van der Waals surface area contributed by atoms with Crippen molar-refractivity contribution in [3.05, 3.63) is 89.6 Å². The van der Waals surface area contributed by atoms with E-state index >= 15 is 0 Å². The monoisotopic (exact) mass is 355 g/mol. The summed E-state index contributed by atoms with van der Waals surface area (Å²) in [5.74, 6) is 0.909. The van der Waals surface area contributed by atoms with E-state index < -0.39 is 0 Å². The first-order valence-corrected chi connectivity index (χ1v) is 8.99. The van der Waals surface area contributed by atoms with Crippen LogP contribution in [0, 0.1) is 6.92 Å². The number of Topliss-reactive ketones (excluding diaryl/α,β-unsaturated/α-hetero) is 1. The third-order valence-corrected chi connectivity index (χ3v) is 4.94. The first-order chi connectivity index (χ1) is 13.2. The Kier molecular flexibility index (Phi) is 4.51. The van der Waals surface area contributed by atoms with Crippen LogP contribution < -0.4 is 4.74 Å². The Balaban J connectivity index is 1.72. The van der Waals surface area contributed by atoms with Crippen LogP contribution in [0.1, 0.15) is 21.5 Å². The van der Waals surface area contributed by atoms with Gasteiger partial charge in [-0.05, 0) is 58.8 Å². The number of hydrogen-bond donors (Lipinski definition) is 1. The maximum Gasteiger partial charge on any atom is 0.167 e. The number of aromatic amines is 1. The van der Waals surface area contributed by atoms with Crippen LogP contribution in [0.3, 0.4) is 0 Å². The van der Waals surface area contributed by atoms with Gasteiger partial charge in [0.1, 0.15) is 5.75 Å². The van der Waals surface area contributed by atoms with Crippen LogP contribution in [0.15, 0.2) is 72.9 Å². The molecule has 0 bridgehead atoms. The van der Waals surface area contributed by atoms with Crippen molar-refractivity contribution in [2.24, 2.45) is 0 Å². The van der Waals surface area contributed by atoms with Gasteiger partial charge >= 0.3 is 0 Å². The van der Waals surface area contributed by atoms with Crippen LogP contribution in [-0.2, 0) is 6.42 Å². The summed E-state index contributed by atoms with van der Waals surface area (Å²) in [7, 11) is 1.64. The van der Waals surface area contributed by atoms with E-state index in [1.54, 1.807) is 7.11 Å². The van der Waals surface area contributed by atoms with E-state index in [1.807, 2.05) is 48.7 Å². The summed E-state index contributed by atoms with van der Waals surface area (Å²) in [6.07, 6.45) is 2.30. The van der Waals surface area contributed by atoms with Gasteiger partial charge in [-0.3, -0.25) is 4.79 Å². The molecule has 0 aliphatic carbocycles. The largest absolute Gasteiger partial charge is 0.497 e. The molecule has 3 aromatic carbocycles. The number of aromatic nitrogens is 1. The van der Waals surface area contributed by atoms with Crippen molar-refractivity contribution in [2.45, 2.75) is 13.3 Å². The second-order valence-corrected chi connectivity index (χ2v) is 6.73. The normalized spacial score (nSPS) is 10.9. The number of nitrogens with one attached hydrogen (secondary N) is 1. The van der Waals surface area contributed by atoms with E-state index in [0.717, 1.165) is 39.1 Å². The number of benzene rings is 3. The molecule has 0 aliphatic rings. The van der Waals surface area contributed by atoms with Gasteiger partial charge in [-0.15, -0.1) is 0 Å². The molecule has 4 aromatic rings. The minimum atomic E-state index is 0.116. The second-order valence-electron chi connectivity index (χ2n) is 6.73. The van der Waals surface area contributed by atoms with Crippen LogP contribution in [0.2, 0.25) is 0 Å². The van der Waals surface area contributed by atoms with Gasteiger partial charge in [0, 0.05) is 23.7 Å². The Morgan fingerprint density at radius 1 is 1.00 bits per heavy atom. The topological polar surface area (TPSA) is 42.1 Å². The van der Waals surface area contributed by atoms with Gasteiger partial charge in [0.25, 0.3) is 0 Å². The molecule has 0 unspecified atom stereocenters. The molecule has 0 spiro atoms. The fourth-order valence-corrected chi connectivity index (χ4v) is 3.51. The predicted molar refractivity (Wildman–Crippen MR) is 110 cm³/mol. The van der Waals surface area contributed by atoms with Crippen molar-refractivity contribution >= 4 is 16.7 Å². The summed E-state index contributed by atoms with van der Waals surface area (Å²) in [6.45, 7) is 2.05. The lowest BCUT2D eigenvalue weighted by atomic mass is 9.90. The van der Waals surface area contributed by atoms with Crippen LogP contribution in [0.25, 0.3) is 22.0 Å². The predicted octanol–water partition coefficient (Wildman–Crippen LogP) is 5.58. The highest BCUT2D eigenvalue weighted by molar-refractivity contribution is 6.04. The first-order valence-electron chi connectivity index (χ1n) is 8.99. The van der Waals surface area contributed by atoms with Gasteiger partial charge < -0.3 is 9.72 Å². The van der Waals surface area contributed by atoms with Gasteiger partial charge in [-0.1, -0.05) is 42.5 Å². The summed E-state index contributed by atoms with van der Waals surface area (Å²) >= 11 is 0. The molecule has 4 rings (SSSR count). The van der Waals surface area contributed by atoms with E-state index in [0.29, 0.717) is 6.42 Å². The molecule has 0 fully saturated rings. The quantitative estimate of drug-likeness (QED) is 0.475. The lowest BCUT2D eigenvalue weighted by Crippen LogP contribution is -2.06. The van der Waals surface area contributed by atoms with Crippen molar-refractivity contribution < 1.29 is 9.53 Å². The smallest absolute Gasteiger partial charge is 0.167 e. The van der Waals surface area contributed by atoms with Gasteiger partial charge in [0.2, 0.25) is 0 Å². The molecule has 27 heavy (non-hydrogen) atoms. The molecule has 0 radical (unpaired) electrons. The molecule has 0 saturated heterocycles. The number of carbonyl (C=O) groups is 1.